The first kappa shape index (κ1) is 14.7. The minimum Gasteiger partial charge on any atom is -0.396 e. The Morgan fingerprint density at radius 2 is 2.21 bits per heavy atom. The van der Waals surface area contributed by atoms with Crippen molar-refractivity contribution in [3.8, 4) is 0 Å². The molecule has 0 spiro atoms. The van der Waals surface area contributed by atoms with Crippen LogP contribution in [0.5, 0.6) is 0 Å². The van der Waals surface area contributed by atoms with E-state index in [-0.39, 0.29) is 12.0 Å². The van der Waals surface area contributed by atoms with E-state index < -0.39 is 0 Å². The maximum absolute atomic E-state index is 9.34. The van der Waals surface area contributed by atoms with E-state index in [1.54, 1.807) is 11.3 Å². The van der Waals surface area contributed by atoms with E-state index in [9.17, 15) is 5.11 Å². The lowest BCUT2D eigenvalue weighted by molar-refractivity contribution is -0.134. The van der Waals surface area contributed by atoms with Gasteiger partial charge >= 0.3 is 0 Å². The van der Waals surface area contributed by atoms with Crippen LogP contribution in [0.15, 0.2) is 6.20 Å². The zero-order valence-electron chi connectivity index (χ0n) is 11.7. The Labute approximate surface area is 118 Å². The molecule has 0 amide bonds. The topological polar surface area (TPSA) is 57.6 Å². The van der Waals surface area contributed by atoms with Gasteiger partial charge < -0.3 is 20.1 Å². The van der Waals surface area contributed by atoms with E-state index in [2.05, 4.69) is 29.0 Å². The number of thiazole rings is 1. The highest BCUT2D eigenvalue weighted by Crippen LogP contribution is 2.26. The number of hydrogen-bond donors (Lipinski definition) is 2. The van der Waals surface area contributed by atoms with Crippen molar-refractivity contribution in [3.05, 3.63) is 11.1 Å². The van der Waals surface area contributed by atoms with Gasteiger partial charge in [-0.15, -0.1) is 11.3 Å². The molecule has 1 aliphatic rings. The average Bonchev–Trinajstić information content (AvgIpc) is 2.83. The first-order valence-electron chi connectivity index (χ1n) is 6.82. The summed E-state index contributed by atoms with van der Waals surface area (Å²) in [6, 6.07) is 0. The summed E-state index contributed by atoms with van der Waals surface area (Å²) in [5.41, 5.74) is -0.0631. The summed E-state index contributed by atoms with van der Waals surface area (Å²) in [5.74, 6) is 0. The molecule has 1 aromatic rings. The van der Waals surface area contributed by atoms with Gasteiger partial charge in [-0.25, -0.2) is 4.98 Å². The second kappa shape index (κ2) is 6.65. The van der Waals surface area contributed by atoms with Gasteiger partial charge in [0.25, 0.3) is 0 Å². The van der Waals surface area contributed by atoms with Crippen molar-refractivity contribution in [2.24, 2.45) is 5.41 Å². The second-order valence-corrected chi connectivity index (χ2v) is 6.13. The Hall–Kier alpha value is -0.690. The van der Waals surface area contributed by atoms with E-state index in [0.717, 1.165) is 31.3 Å². The lowest BCUT2D eigenvalue weighted by Crippen LogP contribution is -2.52. The molecule has 19 heavy (non-hydrogen) atoms. The molecular formula is C13H23N3O2S. The van der Waals surface area contributed by atoms with Crippen LogP contribution >= 0.6 is 11.3 Å². The van der Waals surface area contributed by atoms with Crippen LogP contribution in [0.2, 0.25) is 0 Å². The normalized spacial score (nSPS) is 17.2. The molecule has 1 saturated heterocycles. The van der Waals surface area contributed by atoms with Crippen LogP contribution in [-0.2, 0) is 11.3 Å². The molecule has 108 valence electrons. The third-order valence-electron chi connectivity index (χ3n) is 3.53. The van der Waals surface area contributed by atoms with Gasteiger partial charge in [0.05, 0.1) is 25.2 Å². The molecule has 1 fully saturated rings. The molecule has 0 saturated carbocycles. The summed E-state index contributed by atoms with van der Waals surface area (Å²) < 4.78 is 5.18. The van der Waals surface area contributed by atoms with Crippen molar-refractivity contribution in [1.29, 1.82) is 0 Å². The zero-order valence-corrected chi connectivity index (χ0v) is 12.5. The Morgan fingerprint density at radius 1 is 1.47 bits per heavy atom. The molecule has 0 atom stereocenters. The Morgan fingerprint density at radius 3 is 2.74 bits per heavy atom. The highest BCUT2D eigenvalue weighted by molar-refractivity contribution is 7.15. The molecule has 5 nitrogen and oxygen atoms in total. The maximum atomic E-state index is 9.34. The number of aliphatic hydroxyl groups excluding tert-OH is 1. The Balaban J connectivity index is 1.80. The zero-order chi connectivity index (χ0) is 13.7. The van der Waals surface area contributed by atoms with Crippen molar-refractivity contribution >= 4 is 16.5 Å². The third-order valence-corrected chi connectivity index (χ3v) is 4.58. The van der Waals surface area contributed by atoms with Gasteiger partial charge in [0, 0.05) is 37.3 Å². The number of rotatable bonds is 8. The first-order chi connectivity index (χ1) is 9.23. The SMILES string of the molecule is CCN(CC)c1ncc(CNCC2(CO)COC2)s1. The van der Waals surface area contributed by atoms with E-state index >= 15 is 0 Å². The lowest BCUT2D eigenvalue weighted by atomic mass is 9.87. The predicted molar refractivity (Wildman–Crippen MR) is 77.7 cm³/mol. The fourth-order valence-electron chi connectivity index (χ4n) is 2.11. The van der Waals surface area contributed by atoms with Gasteiger partial charge in [0.1, 0.15) is 0 Å². The highest BCUT2D eigenvalue weighted by Gasteiger charge is 2.37. The standard InChI is InChI=1S/C13H23N3O2S/c1-3-16(4-2)12-15-6-11(19-12)5-14-7-13(8-17)9-18-10-13/h6,14,17H,3-5,7-10H2,1-2H3. The van der Waals surface area contributed by atoms with Gasteiger partial charge in [-0.3, -0.25) is 0 Å². The number of ether oxygens (including phenoxy) is 1. The molecule has 1 aromatic heterocycles. The van der Waals surface area contributed by atoms with Crippen molar-refractivity contribution < 1.29 is 9.84 Å². The molecule has 2 rings (SSSR count). The maximum Gasteiger partial charge on any atom is 0.185 e. The van der Waals surface area contributed by atoms with E-state index in [1.807, 2.05) is 6.20 Å². The van der Waals surface area contributed by atoms with Crippen molar-refractivity contribution in [1.82, 2.24) is 10.3 Å². The summed E-state index contributed by atoms with van der Waals surface area (Å²) in [4.78, 5) is 7.94. The highest BCUT2D eigenvalue weighted by atomic mass is 32.1. The van der Waals surface area contributed by atoms with Crippen LogP contribution in [0.3, 0.4) is 0 Å². The number of nitrogens with one attached hydrogen (secondary N) is 1. The van der Waals surface area contributed by atoms with Gasteiger partial charge in [0.15, 0.2) is 5.13 Å². The molecule has 2 heterocycles. The number of nitrogens with zero attached hydrogens (tertiary/aromatic N) is 2. The van der Waals surface area contributed by atoms with Gasteiger partial charge in [-0.1, -0.05) is 0 Å². The van der Waals surface area contributed by atoms with Gasteiger partial charge in [-0.2, -0.15) is 0 Å². The minimum absolute atomic E-state index is 0.0631. The summed E-state index contributed by atoms with van der Waals surface area (Å²) in [7, 11) is 0. The molecule has 0 bridgehead atoms. The number of aromatic nitrogens is 1. The summed E-state index contributed by atoms with van der Waals surface area (Å²) >= 11 is 1.73. The largest absolute Gasteiger partial charge is 0.396 e. The van der Waals surface area contributed by atoms with E-state index in [0.29, 0.717) is 13.2 Å². The summed E-state index contributed by atoms with van der Waals surface area (Å²) in [6.45, 7) is 9.36. The predicted octanol–water partition coefficient (Wildman–Crippen LogP) is 1.09. The van der Waals surface area contributed by atoms with E-state index in [1.165, 1.54) is 4.88 Å². The molecule has 2 N–H and O–H groups in total. The molecule has 0 unspecified atom stereocenters. The number of aliphatic hydroxyl groups is 1. The van der Waals surface area contributed by atoms with Crippen molar-refractivity contribution in [3.63, 3.8) is 0 Å². The quantitative estimate of drug-likeness (QED) is 0.749. The van der Waals surface area contributed by atoms with Gasteiger partial charge in [0.2, 0.25) is 0 Å². The minimum atomic E-state index is -0.0631. The Bertz CT molecular complexity index is 383. The molecule has 0 aliphatic carbocycles. The lowest BCUT2D eigenvalue weighted by Gasteiger charge is -2.39. The second-order valence-electron chi connectivity index (χ2n) is 5.04. The van der Waals surface area contributed by atoms with Crippen LogP contribution in [-0.4, -0.2) is 49.5 Å². The monoisotopic (exact) mass is 285 g/mol. The molecule has 0 aromatic carbocycles. The fourth-order valence-corrected chi connectivity index (χ4v) is 3.12. The molecular weight excluding hydrogens is 262 g/mol. The molecule has 0 radical (unpaired) electrons. The number of hydrogen-bond acceptors (Lipinski definition) is 6. The van der Waals surface area contributed by atoms with Crippen LogP contribution in [0.1, 0.15) is 18.7 Å². The first-order valence-corrected chi connectivity index (χ1v) is 7.63. The summed E-state index contributed by atoms with van der Waals surface area (Å²) in [5, 5.41) is 13.8. The summed E-state index contributed by atoms with van der Waals surface area (Å²) in [6.07, 6.45) is 1.94. The fraction of sp³-hybridized carbons (Fsp3) is 0.769. The van der Waals surface area contributed by atoms with Gasteiger partial charge in [-0.05, 0) is 13.8 Å². The van der Waals surface area contributed by atoms with Crippen LogP contribution < -0.4 is 10.2 Å². The van der Waals surface area contributed by atoms with Crippen molar-refractivity contribution in [2.75, 3.05) is 44.4 Å². The third kappa shape index (κ3) is 3.45. The molecule has 6 heteroatoms. The molecule has 1 aliphatic heterocycles. The van der Waals surface area contributed by atoms with Crippen molar-refractivity contribution in [2.45, 2.75) is 20.4 Å². The Kier molecular flexibility index (Phi) is 5.15. The van der Waals surface area contributed by atoms with Crippen LogP contribution in [0.4, 0.5) is 5.13 Å². The average molecular weight is 285 g/mol. The van der Waals surface area contributed by atoms with Crippen LogP contribution in [0.25, 0.3) is 0 Å². The smallest absolute Gasteiger partial charge is 0.185 e. The van der Waals surface area contributed by atoms with E-state index in [4.69, 9.17) is 4.74 Å². The number of anilines is 1. The van der Waals surface area contributed by atoms with Crippen LogP contribution in [0, 0.1) is 5.41 Å².